The normalized spacial score (nSPS) is 10.2. The maximum Gasteiger partial charge on any atom is 0.00767 e. The van der Waals surface area contributed by atoms with Crippen LogP contribution in [0, 0.1) is 0 Å². The topological polar surface area (TPSA) is 24.1 Å². The van der Waals surface area contributed by atoms with E-state index in [4.69, 9.17) is 0 Å². The van der Waals surface area contributed by atoms with Crippen molar-refractivity contribution in [3.8, 4) is 0 Å². The van der Waals surface area contributed by atoms with Crippen molar-refractivity contribution < 1.29 is 0 Å². The summed E-state index contributed by atoms with van der Waals surface area (Å²) in [6, 6.07) is 0. The van der Waals surface area contributed by atoms with Crippen LogP contribution in [0.15, 0.2) is 0 Å². The second-order valence-corrected chi connectivity index (χ2v) is 2.46. The van der Waals surface area contributed by atoms with E-state index in [0.717, 1.165) is 19.6 Å². The summed E-state index contributed by atoms with van der Waals surface area (Å²) in [6.07, 6.45) is 2.58. The van der Waals surface area contributed by atoms with E-state index in [2.05, 4.69) is 24.5 Å². The van der Waals surface area contributed by atoms with Crippen LogP contribution in [-0.2, 0) is 0 Å². The van der Waals surface area contributed by atoms with Crippen LogP contribution in [0.3, 0.4) is 0 Å². The first-order chi connectivity index (χ1) is 4.91. The van der Waals surface area contributed by atoms with Crippen molar-refractivity contribution in [3.63, 3.8) is 0 Å². The molecule has 0 aliphatic heterocycles. The fourth-order valence-electron chi connectivity index (χ4n) is 0.780. The molecule has 0 radical (unpaired) electrons. The maximum absolute atomic E-state index is 3.36. The predicted octanol–water partition coefficient (Wildman–Crippen LogP) is 0.986. The van der Waals surface area contributed by atoms with Crippen LogP contribution in [0.4, 0.5) is 0 Å². The summed E-state index contributed by atoms with van der Waals surface area (Å²) in [7, 11) is 0. The number of hydrogen-bond donors (Lipinski definition) is 2. The molecule has 0 atom stereocenters. The lowest BCUT2D eigenvalue weighted by molar-refractivity contribution is 0.603. The summed E-state index contributed by atoms with van der Waals surface area (Å²) in [4.78, 5) is 0. The van der Waals surface area contributed by atoms with Gasteiger partial charge in [-0.3, -0.25) is 0 Å². The standard InChI is InChI=1S/C8H20N2/c1-3-5-6-10-8-7-9-4-2/h9-10H,3-8H2,1-2H3. The van der Waals surface area contributed by atoms with Crippen LogP contribution in [-0.4, -0.2) is 26.2 Å². The van der Waals surface area contributed by atoms with E-state index in [1.54, 1.807) is 0 Å². The molecule has 0 heterocycles. The van der Waals surface area contributed by atoms with Gasteiger partial charge in [0.1, 0.15) is 0 Å². The third-order valence-electron chi connectivity index (χ3n) is 1.44. The Labute approximate surface area is 64.4 Å². The lowest BCUT2D eigenvalue weighted by Crippen LogP contribution is -2.27. The number of hydrogen-bond acceptors (Lipinski definition) is 2. The molecular weight excluding hydrogens is 124 g/mol. The number of rotatable bonds is 7. The van der Waals surface area contributed by atoms with Crippen LogP contribution >= 0.6 is 0 Å². The minimum atomic E-state index is 1.08. The molecule has 0 aromatic heterocycles. The Bertz CT molecular complexity index is 47.2. The van der Waals surface area contributed by atoms with Crippen LogP contribution < -0.4 is 10.6 Å². The minimum Gasteiger partial charge on any atom is -0.316 e. The lowest BCUT2D eigenvalue weighted by Gasteiger charge is -2.02. The van der Waals surface area contributed by atoms with Crippen molar-refractivity contribution in [2.75, 3.05) is 26.2 Å². The van der Waals surface area contributed by atoms with E-state index in [0.29, 0.717) is 0 Å². The van der Waals surface area contributed by atoms with Crippen LogP contribution in [0.2, 0.25) is 0 Å². The lowest BCUT2D eigenvalue weighted by atomic mass is 10.3. The maximum atomic E-state index is 3.36. The Morgan fingerprint density at radius 2 is 1.60 bits per heavy atom. The minimum absolute atomic E-state index is 1.08. The first-order valence-electron chi connectivity index (χ1n) is 4.33. The van der Waals surface area contributed by atoms with Gasteiger partial charge in [0.15, 0.2) is 0 Å². The van der Waals surface area contributed by atoms with Crippen LogP contribution in [0.5, 0.6) is 0 Å². The molecule has 0 aromatic carbocycles. The summed E-state index contributed by atoms with van der Waals surface area (Å²) in [5.74, 6) is 0. The molecule has 0 spiro atoms. The third kappa shape index (κ3) is 7.92. The molecule has 0 aromatic rings. The molecule has 0 aliphatic carbocycles. The average Bonchev–Trinajstić information content (AvgIpc) is 1.97. The summed E-state index contributed by atoms with van der Waals surface area (Å²) < 4.78 is 0. The summed E-state index contributed by atoms with van der Waals surface area (Å²) in [5, 5.41) is 6.62. The summed E-state index contributed by atoms with van der Waals surface area (Å²) >= 11 is 0. The molecule has 2 nitrogen and oxygen atoms in total. The third-order valence-corrected chi connectivity index (χ3v) is 1.44. The molecule has 0 aliphatic rings. The highest BCUT2D eigenvalue weighted by atomic mass is 14.9. The molecule has 0 amide bonds. The molecule has 0 unspecified atom stereocenters. The van der Waals surface area contributed by atoms with E-state index in [9.17, 15) is 0 Å². The highest BCUT2D eigenvalue weighted by molar-refractivity contribution is 4.49. The van der Waals surface area contributed by atoms with Gasteiger partial charge in [-0.1, -0.05) is 20.3 Å². The van der Waals surface area contributed by atoms with Crippen LogP contribution in [0.1, 0.15) is 26.7 Å². The molecular formula is C8H20N2. The van der Waals surface area contributed by atoms with Gasteiger partial charge < -0.3 is 10.6 Å². The zero-order chi connectivity index (χ0) is 7.66. The van der Waals surface area contributed by atoms with Gasteiger partial charge in [-0.25, -0.2) is 0 Å². The van der Waals surface area contributed by atoms with E-state index in [-0.39, 0.29) is 0 Å². The largest absolute Gasteiger partial charge is 0.316 e. The summed E-state index contributed by atoms with van der Waals surface area (Å²) in [6.45, 7) is 8.80. The van der Waals surface area contributed by atoms with Gasteiger partial charge in [-0.2, -0.15) is 0 Å². The van der Waals surface area contributed by atoms with Crippen molar-refractivity contribution >= 4 is 0 Å². The van der Waals surface area contributed by atoms with E-state index in [1.165, 1.54) is 19.4 Å². The van der Waals surface area contributed by atoms with Crippen LogP contribution in [0.25, 0.3) is 0 Å². The van der Waals surface area contributed by atoms with Gasteiger partial charge in [0.2, 0.25) is 0 Å². The number of nitrogens with one attached hydrogen (secondary N) is 2. The zero-order valence-electron chi connectivity index (χ0n) is 7.24. The molecule has 0 saturated carbocycles. The second-order valence-electron chi connectivity index (χ2n) is 2.46. The molecule has 62 valence electrons. The van der Waals surface area contributed by atoms with E-state index < -0.39 is 0 Å². The number of unbranched alkanes of at least 4 members (excludes halogenated alkanes) is 1. The Morgan fingerprint density at radius 1 is 0.900 bits per heavy atom. The first kappa shape index (κ1) is 9.92. The smallest absolute Gasteiger partial charge is 0.00767 e. The van der Waals surface area contributed by atoms with Crippen molar-refractivity contribution in [2.24, 2.45) is 0 Å². The van der Waals surface area contributed by atoms with Gasteiger partial charge in [-0.05, 0) is 19.5 Å². The van der Waals surface area contributed by atoms with Crippen molar-refractivity contribution in [1.82, 2.24) is 10.6 Å². The quantitative estimate of drug-likeness (QED) is 0.521. The Kier molecular flexibility index (Phi) is 8.85. The first-order valence-corrected chi connectivity index (χ1v) is 4.33. The van der Waals surface area contributed by atoms with E-state index >= 15 is 0 Å². The molecule has 0 fully saturated rings. The zero-order valence-corrected chi connectivity index (χ0v) is 7.24. The molecule has 2 N–H and O–H groups in total. The molecule has 0 bridgehead atoms. The average molecular weight is 144 g/mol. The van der Waals surface area contributed by atoms with Gasteiger partial charge in [-0.15, -0.1) is 0 Å². The van der Waals surface area contributed by atoms with Gasteiger partial charge in [0, 0.05) is 13.1 Å². The SMILES string of the molecule is CCCCNCCNCC. The van der Waals surface area contributed by atoms with Gasteiger partial charge in [0.25, 0.3) is 0 Å². The van der Waals surface area contributed by atoms with Gasteiger partial charge >= 0.3 is 0 Å². The van der Waals surface area contributed by atoms with Gasteiger partial charge in [0.05, 0.1) is 0 Å². The molecule has 2 heteroatoms. The fraction of sp³-hybridized carbons (Fsp3) is 1.00. The molecule has 0 saturated heterocycles. The van der Waals surface area contributed by atoms with Crippen molar-refractivity contribution in [3.05, 3.63) is 0 Å². The van der Waals surface area contributed by atoms with Crippen molar-refractivity contribution in [2.45, 2.75) is 26.7 Å². The summed E-state index contributed by atoms with van der Waals surface area (Å²) in [5.41, 5.74) is 0. The monoisotopic (exact) mass is 144 g/mol. The van der Waals surface area contributed by atoms with Crippen molar-refractivity contribution in [1.29, 1.82) is 0 Å². The molecule has 0 rings (SSSR count). The second kappa shape index (κ2) is 8.92. The Hall–Kier alpha value is -0.0800. The highest BCUT2D eigenvalue weighted by Gasteiger charge is 1.84. The van der Waals surface area contributed by atoms with E-state index in [1.807, 2.05) is 0 Å². The highest BCUT2D eigenvalue weighted by Crippen LogP contribution is 1.80. The Balaban J connectivity index is 2.65. The Morgan fingerprint density at radius 3 is 2.20 bits per heavy atom. The molecule has 10 heavy (non-hydrogen) atoms. The predicted molar refractivity (Wildman–Crippen MR) is 46.3 cm³/mol. The number of likely N-dealkylation sites (N-methyl/N-ethyl adjacent to an activating group) is 1. The fourth-order valence-corrected chi connectivity index (χ4v) is 0.780.